The SMILES string of the molecule is COCCS(=O)Cc1cccc(N)c1C(=O)OC. The van der Waals surface area contributed by atoms with Gasteiger partial charge in [0.25, 0.3) is 0 Å². The number of rotatable bonds is 6. The van der Waals surface area contributed by atoms with E-state index in [0.29, 0.717) is 29.2 Å². The van der Waals surface area contributed by atoms with Crippen LogP contribution in [0, 0.1) is 0 Å². The van der Waals surface area contributed by atoms with Gasteiger partial charge in [-0.2, -0.15) is 0 Å². The lowest BCUT2D eigenvalue weighted by atomic mass is 10.1. The van der Waals surface area contributed by atoms with E-state index in [1.165, 1.54) is 7.11 Å². The van der Waals surface area contributed by atoms with Gasteiger partial charge in [0.05, 0.1) is 19.3 Å². The summed E-state index contributed by atoms with van der Waals surface area (Å²) in [6, 6.07) is 5.08. The van der Waals surface area contributed by atoms with Crippen LogP contribution in [0.3, 0.4) is 0 Å². The molecule has 1 aromatic rings. The Morgan fingerprint density at radius 3 is 2.72 bits per heavy atom. The van der Waals surface area contributed by atoms with Crippen molar-refractivity contribution in [2.75, 3.05) is 32.3 Å². The molecule has 1 rings (SSSR count). The van der Waals surface area contributed by atoms with Crippen molar-refractivity contribution in [2.45, 2.75) is 5.75 Å². The van der Waals surface area contributed by atoms with Gasteiger partial charge >= 0.3 is 5.97 Å². The number of hydrogen-bond acceptors (Lipinski definition) is 5. The number of hydrogen-bond donors (Lipinski definition) is 1. The fourth-order valence-corrected chi connectivity index (χ4v) is 2.60. The van der Waals surface area contributed by atoms with E-state index in [1.54, 1.807) is 25.3 Å². The standard InChI is InChI=1S/C12H17NO4S/c1-16-6-7-18(15)8-9-4-3-5-10(13)11(9)12(14)17-2/h3-5H,6-8,13H2,1-2H3. The van der Waals surface area contributed by atoms with Crippen LogP contribution in [-0.4, -0.2) is 36.8 Å². The van der Waals surface area contributed by atoms with Crippen molar-refractivity contribution >= 4 is 22.5 Å². The van der Waals surface area contributed by atoms with Crippen LogP contribution in [0.2, 0.25) is 0 Å². The Morgan fingerprint density at radius 2 is 2.11 bits per heavy atom. The summed E-state index contributed by atoms with van der Waals surface area (Å²) in [5.41, 5.74) is 7.02. The minimum absolute atomic E-state index is 0.263. The van der Waals surface area contributed by atoms with Gasteiger partial charge in [0.2, 0.25) is 0 Å². The van der Waals surface area contributed by atoms with E-state index >= 15 is 0 Å². The van der Waals surface area contributed by atoms with Crippen LogP contribution in [0.4, 0.5) is 5.69 Å². The van der Waals surface area contributed by atoms with Gasteiger partial charge in [-0.25, -0.2) is 4.79 Å². The predicted molar refractivity (Wildman–Crippen MR) is 70.8 cm³/mol. The summed E-state index contributed by atoms with van der Waals surface area (Å²) in [7, 11) is 1.75. The van der Waals surface area contributed by atoms with Crippen molar-refractivity contribution in [1.29, 1.82) is 0 Å². The van der Waals surface area contributed by atoms with E-state index in [-0.39, 0.29) is 5.75 Å². The number of carbonyl (C=O) groups excluding carboxylic acids is 1. The number of nitrogen functional groups attached to an aromatic ring is 1. The highest BCUT2D eigenvalue weighted by Crippen LogP contribution is 2.19. The maximum Gasteiger partial charge on any atom is 0.340 e. The van der Waals surface area contributed by atoms with Crippen LogP contribution in [0.15, 0.2) is 18.2 Å². The van der Waals surface area contributed by atoms with Gasteiger partial charge in [-0.1, -0.05) is 12.1 Å². The zero-order valence-electron chi connectivity index (χ0n) is 10.5. The Bertz CT molecular complexity index is 448. The molecule has 2 N–H and O–H groups in total. The summed E-state index contributed by atoms with van der Waals surface area (Å²) in [5, 5.41) is 0. The molecule has 1 atom stereocenters. The lowest BCUT2D eigenvalue weighted by molar-refractivity contribution is 0.0601. The Kier molecular flexibility index (Phi) is 5.80. The van der Waals surface area contributed by atoms with Crippen LogP contribution >= 0.6 is 0 Å². The number of anilines is 1. The number of methoxy groups -OCH3 is 2. The molecular formula is C12H17NO4S. The van der Waals surface area contributed by atoms with Crippen LogP contribution in [0.25, 0.3) is 0 Å². The number of carbonyl (C=O) groups is 1. The summed E-state index contributed by atoms with van der Waals surface area (Å²) in [6.07, 6.45) is 0. The van der Waals surface area contributed by atoms with Gasteiger partial charge in [-0.05, 0) is 11.6 Å². The molecule has 6 heteroatoms. The minimum atomic E-state index is -1.10. The molecule has 0 saturated heterocycles. The quantitative estimate of drug-likeness (QED) is 0.615. The third-order valence-corrected chi connectivity index (χ3v) is 3.66. The second-order valence-corrected chi connectivity index (χ2v) is 5.23. The molecule has 0 aliphatic rings. The van der Waals surface area contributed by atoms with Gasteiger partial charge in [-0.3, -0.25) is 4.21 Å². The Balaban J connectivity index is 2.91. The highest BCUT2D eigenvalue weighted by Gasteiger charge is 2.16. The topological polar surface area (TPSA) is 78.6 Å². The fourth-order valence-electron chi connectivity index (χ4n) is 1.51. The van der Waals surface area contributed by atoms with Gasteiger partial charge in [0.15, 0.2) is 0 Å². The fraction of sp³-hybridized carbons (Fsp3) is 0.417. The number of ether oxygens (including phenoxy) is 2. The summed E-state index contributed by atoms with van der Waals surface area (Å²) in [6.45, 7) is 0.419. The summed E-state index contributed by atoms with van der Waals surface area (Å²) in [5.74, 6) is 0.178. The number of nitrogens with two attached hydrogens (primary N) is 1. The molecule has 0 saturated carbocycles. The second kappa shape index (κ2) is 7.13. The van der Waals surface area contributed by atoms with Crippen LogP contribution in [-0.2, 0) is 26.0 Å². The molecule has 100 valence electrons. The van der Waals surface area contributed by atoms with Gasteiger partial charge in [0.1, 0.15) is 0 Å². The molecule has 0 amide bonds. The Labute approximate surface area is 109 Å². The maximum absolute atomic E-state index is 11.8. The Hall–Kier alpha value is -1.40. The van der Waals surface area contributed by atoms with Crippen molar-refractivity contribution in [3.8, 4) is 0 Å². The third kappa shape index (κ3) is 3.82. The first kappa shape index (κ1) is 14.7. The highest BCUT2D eigenvalue weighted by molar-refractivity contribution is 7.84. The third-order valence-electron chi connectivity index (χ3n) is 2.40. The minimum Gasteiger partial charge on any atom is -0.465 e. The molecule has 0 aliphatic heterocycles. The average Bonchev–Trinajstić information content (AvgIpc) is 2.35. The van der Waals surface area contributed by atoms with Gasteiger partial charge in [-0.15, -0.1) is 0 Å². The summed E-state index contributed by atoms with van der Waals surface area (Å²) < 4.78 is 21.3. The smallest absolute Gasteiger partial charge is 0.340 e. The number of esters is 1. The van der Waals surface area contributed by atoms with Crippen LogP contribution < -0.4 is 5.73 Å². The normalized spacial score (nSPS) is 12.1. The predicted octanol–water partition coefficient (Wildman–Crippen LogP) is 0.951. The van der Waals surface area contributed by atoms with E-state index in [1.807, 2.05) is 0 Å². The molecule has 0 fully saturated rings. The lowest BCUT2D eigenvalue weighted by Gasteiger charge is -2.10. The van der Waals surface area contributed by atoms with Crippen molar-refractivity contribution in [3.63, 3.8) is 0 Å². The van der Waals surface area contributed by atoms with E-state index in [2.05, 4.69) is 4.74 Å². The first-order valence-electron chi connectivity index (χ1n) is 5.39. The first-order valence-corrected chi connectivity index (χ1v) is 6.88. The summed E-state index contributed by atoms with van der Waals surface area (Å²) in [4.78, 5) is 11.6. The molecule has 0 spiro atoms. The second-order valence-electron chi connectivity index (χ2n) is 3.65. The van der Waals surface area contributed by atoms with E-state index < -0.39 is 16.8 Å². The summed E-state index contributed by atoms with van der Waals surface area (Å²) >= 11 is 0. The molecule has 0 bridgehead atoms. The lowest BCUT2D eigenvalue weighted by Crippen LogP contribution is -2.13. The van der Waals surface area contributed by atoms with Crippen molar-refractivity contribution in [3.05, 3.63) is 29.3 Å². The average molecular weight is 271 g/mol. The zero-order chi connectivity index (χ0) is 13.5. The van der Waals surface area contributed by atoms with E-state index in [4.69, 9.17) is 10.5 Å². The largest absolute Gasteiger partial charge is 0.465 e. The van der Waals surface area contributed by atoms with Crippen molar-refractivity contribution in [1.82, 2.24) is 0 Å². The van der Waals surface area contributed by atoms with Crippen molar-refractivity contribution in [2.24, 2.45) is 0 Å². The molecule has 0 heterocycles. The Morgan fingerprint density at radius 1 is 1.39 bits per heavy atom. The molecule has 1 unspecified atom stereocenters. The zero-order valence-corrected chi connectivity index (χ0v) is 11.3. The van der Waals surface area contributed by atoms with Gasteiger partial charge in [0, 0.05) is 35.1 Å². The molecule has 5 nitrogen and oxygen atoms in total. The molecule has 1 aromatic carbocycles. The molecule has 0 aliphatic carbocycles. The van der Waals surface area contributed by atoms with Crippen molar-refractivity contribution < 1.29 is 18.5 Å². The molecule has 18 heavy (non-hydrogen) atoms. The maximum atomic E-state index is 11.8. The van der Waals surface area contributed by atoms with E-state index in [9.17, 15) is 9.00 Å². The monoisotopic (exact) mass is 271 g/mol. The van der Waals surface area contributed by atoms with Crippen LogP contribution in [0.1, 0.15) is 15.9 Å². The molecule has 0 radical (unpaired) electrons. The molecule has 0 aromatic heterocycles. The van der Waals surface area contributed by atoms with Gasteiger partial charge < -0.3 is 15.2 Å². The molecular weight excluding hydrogens is 254 g/mol. The number of benzene rings is 1. The highest BCUT2D eigenvalue weighted by atomic mass is 32.2. The van der Waals surface area contributed by atoms with E-state index in [0.717, 1.165) is 0 Å². The van der Waals surface area contributed by atoms with Crippen LogP contribution in [0.5, 0.6) is 0 Å². The first-order chi connectivity index (χ1) is 8.60.